The highest BCUT2D eigenvalue weighted by Crippen LogP contribution is 2.18. The Bertz CT molecular complexity index is 1200. The molecule has 0 fully saturated rings. The van der Waals surface area contributed by atoms with E-state index in [2.05, 4.69) is 21.3 Å². The molecule has 0 aliphatic carbocycles. The summed E-state index contributed by atoms with van der Waals surface area (Å²) in [5.74, 6) is -1.63. The van der Waals surface area contributed by atoms with Crippen molar-refractivity contribution in [1.29, 1.82) is 0 Å². The van der Waals surface area contributed by atoms with Crippen molar-refractivity contribution in [3.8, 4) is 5.75 Å². The first-order valence-electron chi connectivity index (χ1n) is 11.9. The molecule has 0 radical (unpaired) electrons. The van der Waals surface area contributed by atoms with Crippen molar-refractivity contribution in [2.24, 2.45) is 11.5 Å². The minimum absolute atomic E-state index is 0.0717. The highest BCUT2D eigenvalue weighted by Gasteiger charge is 2.21. The van der Waals surface area contributed by atoms with Gasteiger partial charge in [0, 0.05) is 24.4 Å². The van der Waals surface area contributed by atoms with Crippen molar-refractivity contribution in [2.75, 3.05) is 25.0 Å². The third-order valence-electron chi connectivity index (χ3n) is 5.08. The molecule has 0 bridgehead atoms. The van der Waals surface area contributed by atoms with E-state index in [1.54, 1.807) is 24.3 Å². The average Bonchev–Trinajstić information content (AvgIpc) is 2.93. The maximum atomic E-state index is 12.8. The summed E-state index contributed by atoms with van der Waals surface area (Å²) in [5.41, 5.74) is 11.0. The van der Waals surface area contributed by atoms with Gasteiger partial charge in [-0.3, -0.25) is 24.5 Å². The molecule has 16 nitrogen and oxygen atoms in total. The number of nitro groups is 1. The van der Waals surface area contributed by atoms with Gasteiger partial charge in [0.1, 0.15) is 18.4 Å². The molecular weight excluding hydrogens is 530 g/mol. The van der Waals surface area contributed by atoms with Crippen molar-refractivity contribution in [1.82, 2.24) is 16.0 Å². The summed E-state index contributed by atoms with van der Waals surface area (Å²) in [4.78, 5) is 69.1. The summed E-state index contributed by atoms with van der Waals surface area (Å²) in [6.45, 7) is -0.640. The van der Waals surface area contributed by atoms with Crippen LogP contribution in [0.4, 0.5) is 21.0 Å². The van der Waals surface area contributed by atoms with Crippen LogP contribution in [-0.2, 0) is 25.7 Å². The smallest absolute Gasteiger partial charge is 0.429 e. The van der Waals surface area contributed by atoms with Crippen LogP contribution in [0.3, 0.4) is 0 Å². The lowest BCUT2D eigenvalue weighted by atomic mass is 10.1. The van der Waals surface area contributed by atoms with E-state index in [0.717, 1.165) is 0 Å². The van der Waals surface area contributed by atoms with Gasteiger partial charge in [0.2, 0.25) is 17.7 Å². The molecule has 2 aromatic carbocycles. The number of ether oxygens (including phenoxy) is 2. The average molecular weight is 560 g/mol. The predicted molar refractivity (Wildman–Crippen MR) is 140 cm³/mol. The topological polar surface area (TPSA) is 247 Å². The van der Waals surface area contributed by atoms with Crippen LogP contribution in [0.25, 0.3) is 0 Å². The van der Waals surface area contributed by atoms with Gasteiger partial charge in [-0.2, -0.15) is 0 Å². The van der Waals surface area contributed by atoms with Crippen LogP contribution >= 0.6 is 0 Å². The van der Waals surface area contributed by atoms with Gasteiger partial charge < -0.3 is 42.2 Å². The number of hydrogen-bond donors (Lipinski definition) is 6. The Hall–Kier alpha value is -5.25. The van der Waals surface area contributed by atoms with Gasteiger partial charge in [-0.25, -0.2) is 9.59 Å². The minimum Gasteiger partial charge on any atom is -0.429 e. The quantitative estimate of drug-likeness (QED) is 0.0605. The molecule has 0 aromatic heterocycles. The van der Waals surface area contributed by atoms with Crippen LogP contribution < -0.4 is 37.5 Å². The maximum Gasteiger partial charge on any atom is 0.514 e. The fourth-order valence-corrected chi connectivity index (χ4v) is 3.10. The number of primary amides is 1. The lowest BCUT2D eigenvalue weighted by Gasteiger charge is -2.19. The minimum atomic E-state index is -1.02. The first kappa shape index (κ1) is 31.0. The Balaban J connectivity index is 1.89. The fraction of sp³-hybridized carbons (Fsp3) is 0.292. The van der Waals surface area contributed by atoms with E-state index in [1.165, 1.54) is 24.3 Å². The number of anilines is 1. The summed E-state index contributed by atoms with van der Waals surface area (Å²) in [6.07, 6.45) is -0.535. The van der Waals surface area contributed by atoms with E-state index < -0.39 is 40.9 Å². The summed E-state index contributed by atoms with van der Waals surface area (Å²) in [6, 6.07) is 9.44. The third-order valence-corrected chi connectivity index (χ3v) is 5.08. The summed E-state index contributed by atoms with van der Waals surface area (Å²) >= 11 is 0. The third kappa shape index (κ3) is 11.4. The van der Waals surface area contributed by atoms with Crippen molar-refractivity contribution >= 4 is 41.3 Å². The van der Waals surface area contributed by atoms with Crippen LogP contribution in [0.2, 0.25) is 0 Å². The first-order valence-corrected chi connectivity index (χ1v) is 11.9. The van der Waals surface area contributed by atoms with Gasteiger partial charge in [-0.15, -0.1) is 0 Å². The highest BCUT2D eigenvalue weighted by molar-refractivity contribution is 5.97. The standard InChI is InChI=1S/C24H29N7O9/c25-12-20(32)28-13-21(33)30-19(2-1-11-27-23(26)35)22(34)29-16-5-3-15(4-6-16)14-39-24(36)40-18-9-7-17(8-10-18)31(37)38/h3-10,19H,1-2,11-14,25H2,(H,28,32)(H,29,34)(H,30,33)(H3,26,27,35)/t19-/m0/s1. The highest BCUT2D eigenvalue weighted by atomic mass is 16.7. The number of nitrogens with zero attached hydrogens (tertiary/aromatic N) is 1. The Morgan fingerprint density at radius 1 is 0.950 bits per heavy atom. The van der Waals surface area contributed by atoms with Crippen LogP contribution in [0.5, 0.6) is 5.75 Å². The van der Waals surface area contributed by atoms with Gasteiger partial charge in [0.25, 0.3) is 5.69 Å². The SMILES string of the molecule is NCC(=O)NCC(=O)N[C@@H](CCCNC(N)=O)C(=O)Nc1ccc(COC(=O)Oc2ccc([N+](=O)[O-])cc2)cc1. The van der Waals surface area contributed by atoms with Crippen molar-refractivity contribution in [3.05, 3.63) is 64.2 Å². The Labute approximate surface area is 227 Å². The fourth-order valence-electron chi connectivity index (χ4n) is 3.10. The molecular formula is C24H29N7O9. The largest absolute Gasteiger partial charge is 0.514 e. The van der Waals surface area contributed by atoms with Crippen molar-refractivity contribution in [2.45, 2.75) is 25.5 Å². The van der Waals surface area contributed by atoms with E-state index in [0.29, 0.717) is 17.7 Å². The van der Waals surface area contributed by atoms with Gasteiger partial charge >= 0.3 is 12.2 Å². The molecule has 0 heterocycles. The summed E-state index contributed by atoms with van der Waals surface area (Å²) in [7, 11) is 0. The number of urea groups is 1. The predicted octanol–water partition coefficient (Wildman–Crippen LogP) is 0.257. The molecule has 0 spiro atoms. The van der Waals surface area contributed by atoms with Crippen LogP contribution in [0, 0.1) is 10.1 Å². The molecule has 5 amide bonds. The monoisotopic (exact) mass is 559 g/mol. The van der Waals surface area contributed by atoms with Crippen molar-refractivity contribution < 1.29 is 38.4 Å². The molecule has 2 rings (SSSR count). The molecule has 214 valence electrons. The number of nitrogens with one attached hydrogen (secondary N) is 4. The molecule has 0 saturated heterocycles. The van der Waals surface area contributed by atoms with Crippen LogP contribution in [0.1, 0.15) is 18.4 Å². The second-order valence-electron chi connectivity index (χ2n) is 8.11. The number of carbonyl (C=O) groups is 5. The number of hydrogen-bond acceptors (Lipinski definition) is 10. The lowest BCUT2D eigenvalue weighted by molar-refractivity contribution is -0.384. The van der Waals surface area contributed by atoms with Crippen LogP contribution in [0.15, 0.2) is 48.5 Å². The molecule has 1 atom stereocenters. The number of nitro benzene ring substituents is 1. The van der Waals surface area contributed by atoms with Gasteiger partial charge in [0.05, 0.1) is 18.0 Å². The van der Waals surface area contributed by atoms with Gasteiger partial charge in [0.15, 0.2) is 0 Å². The molecule has 2 aromatic rings. The normalized spacial score (nSPS) is 10.9. The van der Waals surface area contributed by atoms with E-state index >= 15 is 0 Å². The van der Waals surface area contributed by atoms with E-state index in [9.17, 15) is 34.1 Å². The zero-order chi connectivity index (χ0) is 29.5. The molecule has 0 unspecified atom stereocenters. The van der Waals surface area contributed by atoms with E-state index in [1.807, 2.05) is 0 Å². The number of carbonyl (C=O) groups excluding carboxylic acids is 5. The summed E-state index contributed by atoms with van der Waals surface area (Å²) < 4.78 is 9.99. The number of non-ortho nitro benzene ring substituents is 1. The zero-order valence-corrected chi connectivity index (χ0v) is 21.2. The Kier molecular flexibility index (Phi) is 12.3. The Morgan fingerprint density at radius 2 is 1.62 bits per heavy atom. The van der Waals surface area contributed by atoms with Crippen molar-refractivity contribution in [3.63, 3.8) is 0 Å². The number of nitrogens with two attached hydrogens (primary N) is 2. The van der Waals surface area contributed by atoms with Gasteiger partial charge in [-0.1, -0.05) is 12.1 Å². The number of benzene rings is 2. The molecule has 8 N–H and O–H groups in total. The second-order valence-corrected chi connectivity index (χ2v) is 8.11. The molecule has 16 heteroatoms. The summed E-state index contributed by atoms with van der Waals surface area (Å²) in [5, 5.41) is 20.6. The van der Waals surface area contributed by atoms with E-state index in [-0.39, 0.29) is 44.1 Å². The van der Waals surface area contributed by atoms with Crippen LogP contribution in [-0.4, -0.2) is 60.5 Å². The lowest BCUT2D eigenvalue weighted by Crippen LogP contribution is -2.48. The van der Waals surface area contributed by atoms with Gasteiger partial charge in [-0.05, 0) is 42.7 Å². The zero-order valence-electron chi connectivity index (χ0n) is 21.2. The molecule has 0 saturated carbocycles. The van der Waals surface area contributed by atoms with E-state index in [4.69, 9.17) is 20.9 Å². The Morgan fingerprint density at radius 3 is 2.23 bits per heavy atom. The number of rotatable bonds is 14. The maximum absolute atomic E-state index is 12.8. The molecule has 40 heavy (non-hydrogen) atoms. The second kappa shape index (κ2) is 15.9. The molecule has 0 aliphatic heterocycles. The number of amides is 5. The first-order chi connectivity index (χ1) is 19.1. The molecule has 0 aliphatic rings.